The predicted octanol–water partition coefficient (Wildman–Crippen LogP) is 2.38. The number of ether oxygens (including phenoxy) is 1. The minimum Gasteiger partial charge on any atom is -0.505 e. The van der Waals surface area contributed by atoms with E-state index in [1.54, 1.807) is 0 Å². The SMILES string of the molecule is C[C@H]1[C@H](c2ccc(F)c(F)c2O)[C@H](C(=O)N=c2ccn(O)c(C(N)=O)c2)O[C@@]1(C)C(F)(F)F. The van der Waals surface area contributed by atoms with Gasteiger partial charge in [0.2, 0.25) is 5.82 Å². The monoisotopic (exact) mass is 475 g/mol. The van der Waals surface area contributed by atoms with Crippen molar-refractivity contribution in [2.45, 2.75) is 37.6 Å². The molecular formula is C20H18F5N3O5. The van der Waals surface area contributed by atoms with Gasteiger partial charge in [-0.25, -0.2) is 9.38 Å². The fraction of sp³-hybridized carbons (Fsp3) is 0.350. The highest BCUT2D eigenvalue weighted by Crippen LogP contribution is 2.54. The van der Waals surface area contributed by atoms with Gasteiger partial charge < -0.3 is 20.8 Å². The highest BCUT2D eigenvalue weighted by molar-refractivity contribution is 5.91. The smallest absolute Gasteiger partial charge is 0.417 e. The second kappa shape index (κ2) is 8.14. The lowest BCUT2D eigenvalue weighted by Gasteiger charge is -2.31. The molecule has 4 atom stereocenters. The molecule has 1 aliphatic rings. The van der Waals surface area contributed by atoms with Gasteiger partial charge in [-0.05, 0) is 25.1 Å². The summed E-state index contributed by atoms with van der Waals surface area (Å²) >= 11 is 0. The number of aromatic nitrogens is 1. The molecule has 33 heavy (non-hydrogen) atoms. The summed E-state index contributed by atoms with van der Waals surface area (Å²) in [5.41, 5.74) is 1.25. The molecule has 0 saturated carbocycles. The van der Waals surface area contributed by atoms with Crippen LogP contribution in [0, 0.1) is 17.6 Å². The van der Waals surface area contributed by atoms with Crippen molar-refractivity contribution in [3.63, 3.8) is 0 Å². The summed E-state index contributed by atoms with van der Waals surface area (Å²) in [5.74, 6) is -9.81. The lowest BCUT2D eigenvalue weighted by Crippen LogP contribution is -2.47. The molecule has 0 radical (unpaired) electrons. The lowest BCUT2D eigenvalue weighted by atomic mass is 9.77. The molecule has 2 amide bonds. The van der Waals surface area contributed by atoms with E-state index in [1.807, 2.05) is 0 Å². The van der Waals surface area contributed by atoms with E-state index >= 15 is 0 Å². The number of rotatable bonds is 3. The van der Waals surface area contributed by atoms with Gasteiger partial charge in [0.15, 0.2) is 17.2 Å². The van der Waals surface area contributed by atoms with Crippen LogP contribution in [0.4, 0.5) is 22.0 Å². The zero-order valence-electron chi connectivity index (χ0n) is 17.1. The summed E-state index contributed by atoms with van der Waals surface area (Å²) in [6.45, 7) is 1.78. The van der Waals surface area contributed by atoms with Crippen LogP contribution in [0.15, 0.2) is 35.5 Å². The number of hydrogen-bond donors (Lipinski definition) is 3. The largest absolute Gasteiger partial charge is 0.505 e. The van der Waals surface area contributed by atoms with E-state index < -0.39 is 70.2 Å². The second-order valence-electron chi connectivity index (χ2n) is 7.69. The van der Waals surface area contributed by atoms with Gasteiger partial charge >= 0.3 is 6.18 Å². The minimum atomic E-state index is -4.97. The third kappa shape index (κ3) is 4.03. The number of benzene rings is 1. The Morgan fingerprint density at radius 1 is 1.24 bits per heavy atom. The zero-order chi connectivity index (χ0) is 24.9. The van der Waals surface area contributed by atoms with Crippen LogP contribution in [0.5, 0.6) is 5.75 Å². The van der Waals surface area contributed by atoms with Gasteiger partial charge in [0.1, 0.15) is 11.8 Å². The standard InChI is InChI=1S/C20H18F5N3O5/c1-8-13(10-3-4-11(21)14(22)15(10)29)16(33-19(8,2)20(23,24)25)18(31)27-9-5-6-28(32)12(7-9)17(26)30/h3-8,13,16,29,32H,1-2H3,(H2,26,30)/t8-,13+,16+,19+/m0/s1. The number of primary amides is 1. The Kier molecular flexibility index (Phi) is 5.96. The summed E-state index contributed by atoms with van der Waals surface area (Å²) in [6, 6.07) is 3.44. The van der Waals surface area contributed by atoms with Crippen LogP contribution in [0.1, 0.15) is 35.8 Å². The molecule has 1 saturated heterocycles. The van der Waals surface area contributed by atoms with E-state index in [9.17, 15) is 41.9 Å². The third-order valence-corrected chi connectivity index (χ3v) is 5.78. The number of carbonyl (C=O) groups is 2. The van der Waals surface area contributed by atoms with Gasteiger partial charge in [0.25, 0.3) is 11.8 Å². The van der Waals surface area contributed by atoms with Crippen molar-refractivity contribution >= 4 is 11.8 Å². The average molecular weight is 475 g/mol. The molecule has 0 bridgehead atoms. The number of carbonyl (C=O) groups excluding carboxylic acids is 2. The first-order chi connectivity index (χ1) is 15.2. The van der Waals surface area contributed by atoms with E-state index in [1.165, 1.54) is 0 Å². The summed E-state index contributed by atoms with van der Waals surface area (Å²) in [4.78, 5) is 27.9. The Morgan fingerprint density at radius 3 is 2.45 bits per heavy atom. The number of aromatic hydroxyl groups is 1. The van der Waals surface area contributed by atoms with Gasteiger partial charge in [0.05, 0.1) is 5.36 Å². The molecule has 8 nitrogen and oxygen atoms in total. The fourth-order valence-corrected chi connectivity index (χ4v) is 3.76. The first-order valence-electron chi connectivity index (χ1n) is 9.40. The highest BCUT2D eigenvalue weighted by Gasteiger charge is 2.65. The Bertz CT molecular complexity index is 1200. The maximum atomic E-state index is 14.0. The predicted molar refractivity (Wildman–Crippen MR) is 100.0 cm³/mol. The molecule has 3 rings (SSSR count). The molecule has 1 aromatic heterocycles. The molecule has 178 valence electrons. The van der Waals surface area contributed by atoms with E-state index in [0.29, 0.717) is 17.7 Å². The summed E-state index contributed by atoms with van der Waals surface area (Å²) < 4.78 is 74.4. The molecule has 2 aromatic rings. The fourth-order valence-electron chi connectivity index (χ4n) is 3.76. The normalized spacial score (nSPS) is 25.9. The quantitative estimate of drug-likeness (QED) is 0.464. The van der Waals surface area contributed by atoms with Crippen LogP contribution < -0.4 is 11.1 Å². The maximum Gasteiger partial charge on any atom is 0.417 e. The molecule has 2 heterocycles. The van der Waals surface area contributed by atoms with Gasteiger partial charge in [0, 0.05) is 23.6 Å². The number of phenols is 1. The Balaban J connectivity index is 2.15. The molecule has 0 spiro atoms. The van der Waals surface area contributed by atoms with E-state index in [4.69, 9.17) is 10.5 Å². The van der Waals surface area contributed by atoms with Crippen LogP contribution in [0.25, 0.3) is 0 Å². The van der Waals surface area contributed by atoms with E-state index in [-0.39, 0.29) is 5.36 Å². The highest BCUT2D eigenvalue weighted by atomic mass is 19.4. The van der Waals surface area contributed by atoms with Gasteiger partial charge in [-0.2, -0.15) is 22.3 Å². The topological polar surface area (TPSA) is 127 Å². The first-order valence-corrected chi connectivity index (χ1v) is 9.40. The Labute approximate surface area is 182 Å². The molecule has 1 aromatic carbocycles. The number of amides is 2. The molecule has 0 aliphatic carbocycles. The second-order valence-corrected chi connectivity index (χ2v) is 7.69. The van der Waals surface area contributed by atoms with Crippen LogP contribution in [-0.2, 0) is 9.53 Å². The molecule has 1 fully saturated rings. The number of halogens is 5. The van der Waals surface area contributed by atoms with Crippen molar-refractivity contribution < 1.29 is 46.6 Å². The molecule has 1 aliphatic heterocycles. The van der Waals surface area contributed by atoms with Crippen LogP contribution in [0.2, 0.25) is 0 Å². The number of pyridine rings is 1. The average Bonchev–Trinajstić information content (AvgIpc) is 3.00. The number of nitrogens with zero attached hydrogens (tertiary/aromatic N) is 2. The van der Waals surface area contributed by atoms with Crippen molar-refractivity contribution in [3.8, 4) is 5.75 Å². The zero-order valence-corrected chi connectivity index (χ0v) is 17.1. The van der Waals surface area contributed by atoms with Crippen molar-refractivity contribution in [2.75, 3.05) is 0 Å². The summed E-state index contributed by atoms with van der Waals surface area (Å²) in [5, 5.41) is 19.4. The number of hydrogen-bond acceptors (Lipinski definition) is 5. The number of alkyl halides is 3. The first kappa shape index (κ1) is 24.2. The summed E-state index contributed by atoms with van der Waals surface area (Å²) in [6.07, 6.45) is -6.01. The molecule has 0 unspecified atom stereocenters. The number of nitrogens with two attached hydrogens (primary N) is 1. The van der Waals surface area contributed by atoms with Crippen molar-refractivity contribution in [2.24, 2.45) is 16.6 Å². The number of phenolic OH excluding ortho intramolecular Hbond substituents is 1. The third-order valence-electron chi connectivity index (χ3n) is 5.78. The van der Waals surface area contributed by atoms with Gasteiger partial charge in [-0.15, -0.1) is 0 Å². The van der Waals surface area contributed by atoms with Crippen LogP contribution in [-0.4, -0.2) is 44.7 Å². The van der Waals surface area contributed by atoms with Gasteiger partial charge in [-0.1, -0.05) is 13.0 Å². The Hall–Kier alpha value is -3.48. The van der Waals surface area contributed by atoms with Crippen molar-refractivity contribution in [3.05, 3.63) is 58.7 Å². The summed E-state index contributed by atoms with van der Waals surface area (Å²) in [7, 11) is 0. The molecule has 13 heteroatoms. The maximum absolute atomic E-state index is 14.0. The van der Waals surface area contributed by atoms with Gasteiger partial charge in [-0.3, -0.25) is 9.59 Å². The van der Waals surface area contributed by atoms with Crippen LogP contribution >= 0.6 is 0 Å². The van der Waals surface area contributed by atoms with Crippen LogP contribution in [0.3, 0.4) is 0 Å². The van der Waals surface area contributed by atoms with E-state index in [0.717, 1.165) is 31.3 Å². The lowest BCUT2D eigenvalue weighted by molar-refractivity contribution is -0.272. The molecular weight excluding hydrogens is 457 g/mol. The van der Waals surface area contributed by atoms with Crippen molar-refractivity contribution in [1.82, 2.24) is 4.73 Å². The Morgan fingerprint density at radius 2 is 1.88 bits per heavy atom. The van der Waals surface area contributed by atoms with Crippen molar-refractivity contribution in [1.29, 1.82) is 0 Å². The van der Waals surface area contributed by atoms with E-state index in [2.05, 4.69) is 4.99 Å². The molecule has 4 N–H and O–H groups in total. The minimum absolute atomic E-state index is 0.246.